The molecule has 0 spiro atoms. The van der Waals surface area contributed by atoms with Gasteiger partial charge in [-0.05, 0) is 55.5 Å². The molecule has 4 nitrogen and oxygen atoms in total. The molecule has 0 fully saturated rings. The molecule has 2 N–H and O–H groups in total. The molecule has 1 amide bonds. The van der Waals surface area contributed by atoms with Crippen molar-refractivity contribution in [3.63, 3.8) is 0 Å². The Labute approximate surface area is 154 Å². The van der Waals surface area contributed by atoms with E-state index in [-0.39, 0.29) is 11.7 Å². The summed E-state index contributed by atoms with van der Waals surface area (Å²) in [5.74, 6) is 0.619. The van der Waals surface area contributed by atoms with Gasteiger partial charge in [-0.15, -0.1) is 11.3 Å². The molecule has 5 rings (SSSR count). The molecule has 0 bridgehead atoms. The van der Waals surface area contributed by atoms with E-state index in [9.17, 15) is 9.18 Å². The van der Waals surface area contributed by atoms with E-state index < -0.39 is 6.17 Å². The Morgan fingerprint density at radius 1 is 1.08 bits per heavy atom. The maximum atomic E-state index is 14.0. The standard InChI is InChI=1S/C20H17FN2O2S/c21-13-7-3-1-5-11(13)14-9-10-15(25-14)18-22-19(24)17-12-6-2-4-8-16(12)26-20(17)23-18/h1,3,5,7,9-10,18,23H,2,4,6,8H2,(H,22,24)/t18-/m0/s1. The molecular weight excluding hydrogens is 351 g/mol. The first kappa shape index (κ1) is 15.6. The van der Waals surface area contributed by atoms with Gasteiger partial charge < -0.3 is 15.1 Å². The van der Waals surface area contributed by atoms with Crippen LogP contribution in [0, 0.1) is 5.82 Å². The first-order valence-corrected chi connectivity index (χ1v) is 9.59. The summed E-state index contributed by atoms with van der Waals surface area (Å²) >= 11 is 1.67. The molecule has 1 atom stereocenters. The molecule has 26 heavy (non-hydrogen) atoms. The second kappa shape index (κ2) is 5.99. The van der Waals surface area contributed by atoms with E-state index in [4.69, 9.17) is 4.42 Å². The number of benzene rings is 1. The number of carbonyl (C=O) groups is 1. The largest absolute Gasteiger partial charge is 0.457 e. The van der Waals surface area contributed by atoms with Crippen molar-refractivity contribution in [1.29, 1.82) is 0 Å². The van der Waals surface area contributed by atoms with Crippen LogP contribution in [0.3, 0.4) is 0 Å². The average molecular weight is 368 g/mol. The Bertz CT molecular complexity index is 1010. The molecule has 3 heterocycles. The Morgan fingerprint density at radius 3 is 2.81 bits per heavy atom. The summed E-state index contributed by atoms with van der Waals surface area (Å²) in [6.07, 6.45) is 3.89. The Morgan fingerprint density at radius 2 is 1.92 bits per heavy atom. The van der Waals surface area contributed by atoms with Crippen LogP contribution in [0.1, 0.15) is 45.6 Å². The van der Waals surface area contributed by atoms with Gasteiger partial charge in [0.2, 0.25) is 0 Å². The van der Waals surface area contributed by atoms with Gasteiger partial charge in [-0.25, -0.2) is 4.39 Å². The van der Waals surface area contributed by atoms with Gasteiger partial charge in [-0.1, -0.05) is 12.1 Å². The average Bonchev–Trinajstić information content (AvgIpc) is 3.26. The minimum absolute atomic E-state index is 0.0630. The molecule has 2 aromatic heterocycles. The van der Waals surface area contributed by atoms with E-state index >= 15 is 0 Å². The predicted molar refractivity (Wildman–Crippen MR) is 98.9 cm³/mol. The highest BCUT2D eigenvalue weighted by atomic mass is 32.1. The Hall–Kier alpha value is -2.60. The summed E-state index contributed by atoms with van der Waals surface area (Å²) < 4.78 is 19.8. The van der Waals surface area contributed by atoms with Crippen molar-refractivity contribution in [2.75, 3.05) is 5.32 Å². The third-order valence-electron chi connectivity index (χ3n) is 5.00. The molecule has 0 unspecified atom stereocenters. The van der Waals surface area contributed by atoms with Crippen molar-refractivity contribution in [2.24, 2.45) is 0 Å². The van der Waals surface area contributed by atoms with Gasteiger partial charge in [0.05, 0.1) is 11.1 Å². The highest BCUT2D eigenvalue weighted by Gasteiger charge is 2.33. The number of thiophene rings is 1. The lowest BCUT2D eigenvalue weighted by atomic mass is 9.94. The van der Waals surface area contributed by atoms with Gasteiger partial charge in [0.1, 0.15) is 22.3 Å². The number of hydrogen-bond donors (Lipinski definition) is 2. The molecule has 1 aliphatic heterocycles. The van der Waals surface area contributed by atoms with Crippen LogP contribution in [0.15, 0.2) is 40.8 Å². The van der Waals surface area contributed by atoms with Crippen LogP contribution in [0.25, 0.3) is 11.3 Å². The number of nitrogens with one attached hydrogen (secondary N) is 2. The van der Waals surface area contributed by atoms with E-state index in [1.165, 1.54) is 22.9 Å². The van der Waals surface area contributed by atoms with Crippen LogP contribution in [0.5, 0.6) is 0 Å². The first-order chi connectivity index (χ1) is 12.7. The van der Waals surface area contributed by atoms with Gasteiger partial charge in [0.15, 0.2) is 6.17 Å². The summed E-state index contributed by atoms with van der Waals surface area (Å²) in [4.78, 5) is 14.0. The van der Waals surface area contributed by atoms with E-state index in [2.05, 4.69) is 10.6 Å². The highest BCUT2D eigenvalue weighted by Crippen LogP contribution is 2.41. The van der Waals surface area contributed by atoms with Crippen molar-refractivity contribution >= 4 is 22.2 Å². The van der Waals surface area contributed by atoms with E-state index in [1.54, 1.807) is 41.7 Å². The molecule has 0 saturated heterocycles. The lowest BCUT2D eigenvalue weighted by Crippen LogP contribution is -2.38. The van der Waals surface area contributed by atoms with E-state index in [0.717, 1.165) is 29.8 Å². The number of fused-ring (bicyclic) bond motifs is 3. The van der Waals surface area contributed by atoms with Crippen LogP contribution < -0.4 is 10.6 Å². The molecule has 1 aromatic carbocycles. The van der Waals surface area contributed by atoms with Crippen molar-refractivity contribution in [3.8, 4) is 11.3 Å². The number of amides is 1. The quantitative estimate of drug-likeness (QED) is 0.678. The van der Waals surface area contributed by atoms with Gasteiger partial charge >= 0.3 is 0 Å². The normalized spacial score (nSPS) is 18.7. The molecule has 132 valence electrons. The van der Waals surface area contributed by atoms with Crippen molar-refractivity contribution in [3.05, 3.63) is 64.0 Å². The number of carbonyl (C=O) groups excluding carboxylic acids is 1. The number of rotatable bonds is 2. The minimum Gasteiger partial charge on any atom is -0.457 e. The minimum atomic E-state index is -0.448. The number of furan rings is 1. The lowest BCUT2D eigenvalue weighted by molar-refractivity contribution is 0.0930. The summed E-state index contributed by atoms with van der Waals surface area (Å²) in [6, 6.07) is 10.0. The topological polar surface area (TPSA) is 54.3 Å². The second-order valence-electron chi connectivity index (χ2n) is 6.65. The van der Waals surface area contributed by atoms with Crippen molar-refractivity contribution < 1.29 is 13.6 Å². The van der Waals surface area contributed by atoms with Crippen molar-refractivity contribution in [1.82, 2.24) is 5.32 Å². The molecule has 3 aromatic rings. The van der Waals surface area contributed by atoms with Gasteiger partial charge in [-0.2, -0.15) is 0 Å². The Kier molecular flexibility index (Phi) is 3.60. The van der Waals surface area contributed by atoms with E-state index in [0.29, 0.717) is 17.1 Å². The fraction of sp³-hybridized carbons (Fsp3) is 0.250. The maximum Gasteiger partial charge on any atom is 0.256 e. The van der Waals surface area contributed by atoms with Crippen LogP contribution >= 0.6 is 11.3 Å². The Balaban J connectivity index is 1.47. The number of anilines is 1. The zero-order valence-corrected chi connectivity index (χ0v) is 14.8. The molecule has 0 radical (unpaired) electrons. The number of aryl methyl sites for hydroxylation is 1. The van der Waals surface area contributed by atoms with Crippen LogP contribution in [0.2, 0.25) is 0 Å². The zero-order chi connectivity index (χ0) is 17.7. The summed E-state index contributed by atoms with van der Waals surface area (Å²) in [6.45, 7) is 0. The van der Waals surface area contributed by atoms with E-state index in [1.807, 2.05) is 0 Å². The van der Waals surface area contributed by atoms with Gasteiger partial charge in [-0.3, -0.25) is 4.79 Å². The smallest absolute Gasteiger partial charge is 0.256 e. The summed E-state index contributed by atoms with van der Waals surface area (Å²) in [5, 5.41) is 7.26. The fourth-order valence-corrected chi connectivity index (χ4v) is 5.05. The first-order valence-electron chi connectivity index (χ1n) is 8.77. The zero-order valence-electron chi connectivity index (χ0n) is 14.0. The molecule has 0 saturated carbocycles. The molecule has 6 heteroatoms. The second-order valence-corrected chi connectivity index (χ2v) is 7.75. The summed E-state index contributed by atoms with van der Waals surface area (Å²) in [5.41, 5.74) is 2.40. The monoisotopic (exact) mass is 368 g/mol. The lowest BCUT2D eigenvalue weighted by Gasteiger charge is -2.25. The van der Waals surface area contributed by atoms with Crippen LogP contribution in [0.4, 0.5) is 9.39 Å². The molecule has 1 aliphatic carbocycles. The number of hydrogen-bond acceptors (Lipinski definition) is 4. The molecule has 2 aliphatic rings. The SMILES string of the molecule is O=C1N[C@H](c2ccc(-c3ccccc3F)o2)Nc2sc3c(c21)CCCC3. The third kappa shape index (κ3) is 2.44. The van der Waals surface area contributed by atoms with Gasteiger partial charge in [0, 0.05) is 4.88 Å². The molecular formula is C20H17FN2O2S. The number of halogens is 1. The fourth-order valence-electron chi connectivity index (χ4n) is 3.73. The van der Waals surface area contributed by atoms with Gasteiger partial charge in [0.25, 0.3) is 5.91 Å². The van der Waals surface area contributed by atoms with Crippen molar-refractivity contribution in [2.45, 2.75) is 31.8 Å². The van der Waals surface area contributed by atoms with Crippen LogP contribution in [-0.4, -0.2) is 5.91 Å². The highest BCUT2D eigenvalue weighted by molar-refractivity contribution is 7.16. The third-order valence-corrected chi connectivity index (χ3v) is 6.22. The predicted octanol–water partition coefficient (Wildman–Crippen LogP) is 4.88. The maximum absolute atomic E-state index is 14.0. The van der Waals surface area contributed by atoms with Crippen LogP contribution in [-0.2, 0) is 12.8 Å². The summed E-state index contributed by atoms with van der Waals surface area (Å²) in [7, 11) is 0.